The zero-order chi connectivity index (χ0) is 13.6. The Morgan fingerprint density at radius 3 is 2.44 bits per heavy atom. The third-order valence-corrected chi connectivity index (χ3v) is 3.23. The maximum atomic E-state index is 11.6. The van der Waals surface area contributed by atoms with Gasteiger partial charge in [0.2, 0.25) is 0 Å². The second kappa shape index (κ2) is 6.50. The molecular weight excluding hydrogens is 296 g/mol. The normalized spacial score (nSPS) is 14.2. The zero-order valence-electron chi connectivity index (χ0n) is 10.4. The van der Waals surface area contributed by atoms with Crippen LogP contribution < -0.4 is 0 Å². The number of ketones is 1. The highest BCUT2D eigenvalue weighted by atomic mass is 79.9. The summed E-state index contributed by atoms with van der Waals surface area (Å²) in [5.41, 5.74) is -0.120. The third-order valence-electron chi connectivity index (χ3n) is 2.93. The lowest BCUT2D eigenvalue weighted by atomic mass is 9.83. The van der Waals surface area contributed by atoms with Gasteiger partial charge in [-0.25, -0.2) is 0 Å². The molecule has 0 heterocycles. The quantitative estimate of drug-likeness (QED) is 0.781. The highest BCUT2D eigenvalue weighted by Gasteiger charge is 2.38. The van der Waals surface area contributed by atoms with Crippen LogP contribution in [0.5, 0.6) is 0 Å². The molecule has 0 bridgehead atoms. The van der Waals surface area contributed by atoms with Gasteiger partial charge >= 0.3 is 5.97 Å². The lowest BCUT2D eigenvalue weighted by Gasteiger charge is -2.20. The Balaban J connectivity index is 2.78. The fourth-order valence-electron chi connectivity index (χ4n) is 1.45. The molecule has 0 spiro atoms. The smallest absolute Gasteiger partial charge is 0.331 e. The van der Waals surface area contributed by atoms with Crippen LogP contribution in [-0.4, -0.2) is 11.8 Å². The van der Waals surface area contributed by atoms with Crippen molar-refractivity contribution in [3.05, 3.63) is 42.0 Å². The van der Waals surface area contributed by atoms with Crippen molar-refractivity contribution in [2.45, 2.75) is 20.3 Å². The fourth-order valence-corrected chi connectivity index (χ4v) is 1.81. The molecule has 0 aliphatic carbocycles. The molecule has 0 saturated carbocycles. The summed E-state index contributed by atoms with van der Waals surface area (Å²) in [6.07, 6.45) is 3.99. The Bertz CT molecular complexity index is 453. The Kier molecular flexibility index (Phi) is 5.28. The standard InChI is InChI=1S/C14H15BrO3/c1-11(16)14(2,13(17)18-15)10-6-9-12-7-4-3-5-8-12/h3-9H,10H2,1-2H3/b9-6+. The first-order chi connectivity index (χ1) is 8.50. The van der Waals surface area contributed by atoms with Gasteiger partial charge in [0, 0.05) is 0 Å². The molecular formula is C14H15BrO3. The average molecular weight is 311 g/mol. The van der Waals surface area contributed by atoms with Gasteiger partial charge in [0.1, 0.15) is 11.2 Å². The molecule has 0 radical (unpaired) electrons. The van der Waals surface area contributed by atoms with Crippen LogP contribution in [0, 0.1) is 5.41 Å². The van der Waals surface area contributed by atoms with Gasteiger partial charge in [0.15, 0.2) is 16.3 Å². The molecule has 1 unspecified atom stereocenters. The summed E-state index contributed by atoms with van der Waals surface area (Å²) in [6, 6.07) is 9.68. The van der Waals surface area contributed by atoms with Gasteiger partial charge in [-0.2, -0.15) is 0 Å². The lowest BCUT2D eigenvalue weighted by Crippen LogP contribution is -2.34. The van der Waals surface area contributed by atoms with E-state index in [0.717, 1.165) is 5.56 Å². The van der Waals surface area contributed by atoms with Gasteiger partial charge < -0.3 is 3.83 Å². The molecule has 1 atom stereocenters. The zero-order valence-corrected chi connectivity index (χ0v) is 11.9. The predicted octanol–water partition coefficient (Wildman–Crippen LogP) is 3.54. The van der Waals surface area contributed by atoms with E-state index < -0.39 is 11.4 Å². The summed E-state index contributed by atoms with van der Waals surface area (Å²) in [4.78, 5) is 23.1. The van der Waals surface area contributed by atoms with Gasteiger partial charge in [0.25, 0.3) is 0 Å². The van der Waals surface area contributed by atoms with Crippen LogP contribution in [0.1, 0.15) is 25.8 Å². The van der Waals surface area contributed by atoms with Crippen molar-refractivity contribution >= 4 is 34.1 Å². The summed E-state index contributed by atoms with van der Waals surface area (Å²) in [5, 5.41) is 0. The third kappa shape index (κ3) is 3.53. The minimum atomic E-state index is -1.14. The maximum absolute atomic E-state index is 11.6. The van der Waals surface area contributed by atoms with Crippen molar-refractivity contribution in [2.24, 2.45) is 5.41 Å². The van der Waals surface area contributed by atoms with Gasteiger partial charge in [-0.1, -0.05) is 42.5 Å². The molecule has 0 saturated heterocycles. The van der Waals surface area contributed by atoms with E-state index in [-0.39, 0.29) is 5.78 Å². The molecule has 1 rings (SSSR count). The Labute approximate surface area is 115 Å². The molecule has 0 aliphatic rings. The molecule has 1 aromatic carbocycles. The molecule has 18 heavy (non-hydrogen) atoms. The topological polar surface area (TPSA) is 43.4 Å². The molecule has 4 heteroatoms. The van der Waals surface area contributed by atoms with E-state index in [9.17, 15) is 9.59 Å². The van der Waals surface area contributed by atoms with E-state index in [2.05, 4.69) is 20.1 Å². The van der Waals surface area contributed by atoms with E-state index in [0.29, 0.717) is 6.42 Å². The molecule has 3 nitrogen and oxygen atoms in total. The number of allylic oxidation sites excluding steroid dienone is 1. The SMILES string of the molecule is CC(=O)C(C)(C/C=C/c1ccccc1)C(=O)OBr. The summed E-state index contributed by atoms with van der Waals surface area (Å²) < 4.78 is 4.50. The number of hydrogen-bond acceptors (Lipinski definition) is 3. The predicted molar refractivity (Wildman–Crippen MR) is 73.9 cm³/mol. The van der Waals surface area contributed by atoms with Crippen LogP contribution in [-0.2, 0) is 13.4 Å². The van der Waals surface area contributed by atoms with E-state index >= 15 is 0 Å². The number of rotatable bonds is 5. The number of benzene rings is 1. The number of Topliss-reactive ketones (excluding diaryl/α,β-unsaturated/α-hetero) is 1. The van der Waals surface area contributed by atoms with Crippen LogP contribution in [0.4, 0.5) is 0 Å². The van der Waals surface area contributed by atoms with Gasteiger partial charge in [0.05, 0.1) is 0 Å². The van der Waals surface area contributed by atoms with Crippen molar-refractivity contribution < 1.29 is 13.4 Å². The second-order valence-corrected chi connectivity index (χ2v) is 4.59. The molecule has 96 valence electrons. The maximum Gasteiger partial charge on any atom is 0.331 e. The van der Waals surface area contributed by atoms with Crippen molar-refractivity contribution in [2.75, 3.05) is 0 Å². The first kappa shape index (κ1) is 14.6. The van der Waals surface area contributed by atoms with Gasteiger partial charge in [-0.05, 0) is 25.8 Å². The van der Waals surface area contributed by atoms with Crippen LogP contribution in [0.25, 0.3) is 6.08 Å². The largest absolute Gasteiger partial charge is 0.383 e. The molecule has 1 aromatic rings. The van der Waals surface area contributed by atoms with Crippen molar-refractivity contribution in [1.29, 1.82) is 0 Å². The summed E-state index contributed by atoms with van der Waals surface area (Å²) in [5.74, 6) is -0.794. The van der Waals surface area contributed by atoms with E-state index in [1.165, 1.54) is 6.92 Å². The van der Waals surface area contributed by atoms with Crippen LogP contribution in [0.15, 0.2) is 36.4 Å². The molecule has 0 aliphatic heterocycles. The number of carbonyl (C=O) groups is 2. The first-order valence-electron chi connectivity index (χ1n) is 5.56. The van der Waals surface area contributed by atoms with Crippen LogP contribution in [0.2, 0.25) is 0 Å². The van der Waals surface area contributed by atoms with Crippen molar-refractivity contribution in [1.82, 2.24) is 0 Å². The number of carbonyl (C=O) groups excluding carboxylic acids is 2. The van der Waals surface area contributed by atoms with E-state index in [4.69, 9.17) is 0 Å². The Hall–Kier alpha value is -1.42. The molecule has 0 N–H and O–H groups in total. The second-order valence-electron chi connectivity index (χ2n) is 4.27. The minimum absolute atomic E-state index is 0.218. The van der Waals surface area contributed by atoms with E-state index in [1.807, 2.05) is 36.4 Å². The van der Waals surface area contributed by atoms with Crippen LogP contribution >= 0.6 is 16.3 Å². The van der Waals surface area contributed by atoms with Crippen molar-refractivity contribution in [3.63, 3.8) is 0 Å². The molecule has 0 aromatic heterocycles. The minimum Gasteiger partial charge on any atom is -0.383 e. The Morgan fingerprint density at radius 1 is 1.33 bits per heavy atom. The van der Waals surface area contributed by atoms with Crippen molar-refractivity contribution in [3.8, 4) is 0 Å². The number of hydrogen-bond donors (Lipinski definition) is 0. The monoisotopic (exact) mass is 310 g/mol. The van der Waals surface area contributed by atoms with Gasteiger partial charge in [-0.3, -0.25) is 9.59 Å². The van der Waals surface area contributed by atoms with Gasteiger partial charge in [-0.15, -0.1) is 0 Å². The highest BCUT2D eigenvalue weighted by Crippen LogP contribution is 2.26. The first-order valence-corrected chi connectivity index (χ1v) is 6.21. The summed E-state index contributed by atoms with van der Waals surface area (Å²) >= 11 is 2.63. The molecule has 0 fully saturated rings. The lowest BCUT2D eigenvalue weighted by molar-refractivity contribution is -0.148. The number of halogens is 1. The van der Waals surface area contributed by atoms with E-state index in [1.54, 1.807) is 13.0 Å². The Morgan fingerprint density at radius 2 is 1.94 bits per heavy atom. The average Bonchev–Trinajstić information content (AvgIpc) is 2.38. The fraction of sp³-hybridized carbons (Fsp3) is 0.286. The summed E-state index contributed by atoms with van der Waals surface area (Å²) in [7, 11) is 0. The highest BCUT2D eigenvalue weighted by molar-refractivity contribution is 9.06. The van der Waals surface area contributed by atoms with Crippen LogP contribution in [0.3, 0.4) is 0 Å². The summed E-state index contributed by atoms with van der Waals surface area (Å²) in [6.45, 7) is 2.97. The molecule has 0 amide bonds.